The fourth-order valence-electron chi connectivity index (χ4n) is 10.2. The molecule has 2 nitrogen and oxygen atoms in total. The maximum atomic E-state index is 6.24. The Kier molecular flexibility index (Phi) is 7.61. The molecule has 9 aromatic carbocycles. The summed E-state index contributed by atoms with van der Waals surface area (Å²) in [5, 5.41) is 4.81. The minimum atomic E-state index is -0.508. The molecule has 0 unspecified atom stereocenters. The van der Waals surface area contributed by atoms with Crippen LogP contribution in [-0.4, -0.2) is 0 Å². The molecule has 0 fully saturated rings. The molecule has 2 aliphatic carbocycles. The van der Waals surface area contributed by atoms with Gasteiger partial charge in [0, 0.05) is 22.1 Å². The lowest BCUT2D eigenvalue weighted by Crippen LogP contribution is -2.28. The van der Waals surface area contributed by atoms with Crippen LogP contribution in [0.2, 0.25) is 0 Å². The third-order valence-corrected chi connectivity index (χ3v) is 12.8. The summed E-state index contributed by atoms with van der Waals surface area (Å²) in [7, 11) is 0. The highest BCUT2D eigenvalue weighted by Crippen LogP contribution is 2.57. The monoisotopic (exact) mass is 753 g/mol. The van der Waals surface area contributed by atoms with Crippen molar-refractivity contribution in [1.82, 2.24) is 0 Å². The van der Waals surface area contributed by atoms with Crippen LogP contribution in [0.4, 0.5) is 17.1 Å². The number of nitrogens with zero attached hydrogens (tertiary/aromatic N) is 1. The van der Waals surface area contributed by atoms with E-state index in [1.807, 2.05) is 12.1 Å². The van der Waals surface area contributed by atoms with Gasteiger partial charge in [-0.3, -0.25) is 0 Å². The molecule has 10 aromatic rings. The Balaban J connectivity index is 1.13. The second-order valence-electron chi connectivity index (χ2n) is 15.9. The minimum absolute atomic E-state index is 0.508. The molecule has 0 spiro atoms. The second kappa shape index (κ2) is 13.3. The summed E-state index contributed by atoms with van der Waals surface area (Å²) < 4.78 is 6.24. The Labute approximate surface area is 343 Å². The Morgan fingerprint density at radius 3 is 1.98 bits per heavy atom. The molecule has 0 saturated heterocycles. The lowest BCUT2D eigenvalue weighted by molar-refractivity contribution is 0.669. The third-order valence-electron chi connectivity index (χ3n) is 12.8. The van der Waals surface area contributed by atoms with Gasteiger partial charge in [-0.2, -0.15) is 0 Å². The average molecular weight is 754 g/mol. The van der Waals surface area contributed by atoms with Crippen LogP contribution in [0.25, 0.3) is 61.0 Å². The Bertz CT molecular complexity index is 3240. The molecule has 0 radical (unpaired) electrons. The molecule has 0 saturated carbocycles. The predicted octanol–water partition coefficient (Wildman–Crippen LogP) is 15.2. The summed E-state index contributed by atoms with van der Waals surface area (Å²) in [6.07, 6.45) is 6.66. The zero-order chi connectivity index (χ0) is 38.9. The van der Waals surface area contributed by atoms with Gasteiger partial charge in [-0.25, -0.2) is 0 Å². The summed E-state index contributed by atoms with van der Waals surface area (Å²) >= 11 is 0. The lowest BCUT2D eigenvalue weighted by Gasteiger charge is -2.35. The molecule has 0 bridgehead atoms. The van der Waals surface area contributed by atoms with E-state index in [0.717, 1.165) is 57.3 Å². The van der Waals surface area contributed by atoms with Gasteiger partial charge in [-0.15, -0.1) is 0 Å². The predicted molar refractivity (Wildman–Crippen MR) is 246 cm³/mol. The number of furan rings is 1. The number of anilines is 3. The maximum Gasteiger partial charge on any atom is 0.135 e. The highest BCUT2D eigenvalue weighted by molar-refractivity contribution is 6.06. The molecular weight excluding hydrogens is 715 g/mol. The van der Waals surface area contributed by atoms with E-state index in [0.29, 0.717) is 0 Å². The first-order chi connectivity index (χ1) is 29.3. The number of fused-ring (bicyclic) bond motifs is 9. The normalized spacial score (nSPS) is 13.7. The van der Waals surface area contributed by atoms with Gasteiger partial charge in [0.1, 0.15) is 11.2 Å². The largest absolute Gasteiger partial charge is 0.456 e. The van der Waals surface area contributed by atoms with Gasteiger partial charge in [0.25, 0.3) is 0 Å². The number of benzene rings is 9. The van der Waals surface area contributed by atoms with Crippen molar-refractivity contribution in [2.75, 3.05) is 4.90 Å². The van der Waals surface area contributed by atoms with Crippen molar-refractivity contribution in [1.29, 1.82) is 0 Å². The summed E-state index contributed by atoms with van der Waals surface area (Å²) in [5.74, 6) is 0. The zero-order valence-electron chi connectivity index (χ0n) is 32.5. The summed E-state index contributed by atoms with van der Waals surface area (Å²) in [6, 6.07) is 73.7. The van der Waals surface area contributed by atoms with E-state index in [2.05, 4.69) is 205 Å². The Morgan fingerprint density at radius 1 is 0.458 bits per heavy atom. The molecule has 1 heterocycles. The minimum Gasteiger partial charge on any atom is -0.456 e. The van der Waals surface area contributed by atoms with Crippen LogP contribution >= 0.6 is 0 Å². The molecule has 0 amide bonds. The van der Waals surface area contributed by atoms with Crippen molar-refractivity contribution in [3.05, 3.63) is 240 Å². The molecule has 2 heteroatoms. The molecule has 1 aromatic heterocycles. The molecule has 0 N–H and O–H groups in total. The Morgan fingerprint density at radius 2 is 1.14 bits per heavy atom. The van der Waals surface area contributed by atoms with Gasteiger partial charge in [-0.1, -0.05) is 164 Å². The van der Waals surface area contributed by atoms with E-state index in [-0.39, 0.29) is 0 Å². The van der Waals surface area contributed by atoms with E-state index in [1.54, 1.807) is 0 Å². The number of para-hydroxylation sites is 1. The standard InChI is InChI=1S/C57H39NO/c1-3-18-41(19-4-1)57(42-20-5-2-6-21-42)52-28-13-11-25-47(52)48-32-31-44(37-53(48)57)58(54-36-40-16-7-8-23-45(40)46-24-9-10-26-49(46)54)43-22-15-17-38(34-43)39-30-33-56-51(35-39)50-27-12-14-29-55(50)59-56/h1-9,11-25,27-37H,10,26H2. The fourth-order valence-corrected chi connectivity index (χ4v) is 10.2. The zero-order valence-corrected chi connectivity index (χ0v) is 32.5. The molecule has 12 rings (SSSR count). The summed E-state index contributed by atoms with van der Waals surface area (Å²) in [5.41, 5.74) is 17.5. The molecule has 0 atom stereocenters. The summed E-state index contributed by atoms with van der Waals surface area (Å²) in [6.45, 7) is 0. The quantitative estimate of drug-likeness (QED) is 0.168. The van der Waals surface area contributed by atoms with Gasteiger partial charge in [0.2, 0.25) is 0 Å². The van der Waals surface area contributed by atoms with Crippen molar-refractivity contribution in [3.63, 3.8) is 0 Å². The second-order valence-corrected chi connectivity index (χ2v) is 15.9. The average Bonchev–Trinajstić information content (AvgIpc) is 3.83. The number of hydrogen-bond acceptors (Lipinski definition) is 2. The SMILES string of the molecule is C1=Cc2c(c(N(c3cccc(-c4ccc5oc6ccccc6c5c4)c3)c3ccc4c(c3)C(c3ccccc3)(c3ccccc3)c3ccccc3-4)cc3ccccc23)CC1. The topological polar surface area (TPSA) is 16.4 Å². The maximum absolute atomic E-state index is 6.24. The van der Waals surface area contributed by atoms with Crippen molar-refractivity contribution < 1.29 is 4.42 Å². The van der Waals surface area contributed by atoms with Crippen molar-refractivity contribution in [2.45, 2.75) is 18.3 Å². The molecule has 278 valence electrons. The van der Waals surface area contributed by atoms with Gasteiger partial charge in [-0.05, 0) is 128 Å². The Hall–Kier alpha value is -7.42. The molecule has 2 aliphatic rings. The first kappa shape index (κ1) is 33.7. The van der Waals surface area contributed by atoms with E-state index >= 15 is 0 Å². The van der Waals surface area contributed by atoms with Crippen LogP contribution in [-0.2, 0) is 11.8 Å². The van der Waals surface area contributed by atoms with Crippen LogP contribution in [0, 0.1) is 0 Å². The fraction of sp³-hybridized carbons (Fsp3) is 0.0526. The van der Waals surface area contributed by atoms with Gasteiger partial charge in [0.05, 0.1) is 11.1 Å². The van der Waals surface area contributed by atoms with E-state index in [1.165, 1.54) is 61.0 Å². The van der Waals surface area contributed by atoms with Crippen molar-refractivity contribution >= 4 is 55.8 Å². The van der Waals surface area contributed by atoms with Crippen LogP contribution < -0.4 is 4.90 Å². The smallest absolute Gasteiger partial charge is 0.135 e. The number of hydrogen-bond donors (Lipinski definition) is 0. The van der Waals surface area contributed by atoms with Crippen LogP contribution in [0.1, 0.15) is 39.8 Å². The first-order valence-electron chi connectivity index (χ1n) is 20.6. The van der Waals surface area contributed by atoms with E-state index in [9.17, 15) is 0 Å². The number of allylic oxidation sites excluding steroid dienone is 1. The third kappa shape index (κ3) is 5.13. The molecular formula is C57H39NO. The van der Waals surface area contributed by atoms with Crippen LogP contribution in [0.5, 0.6) is 0 Å². The highest BCUT2D eigenvalue weighted by atomic mass is 16.3. The van der Waals surface area contributed by atoms with E-state index < -0.39 is 5.41 Å². The lowest BCUT2D eigenvalue weighted by atomic mass is 9.67. The van der Waals surface area contributed by atoms with E-state index in [4.69, 9.17) is 4.42 Å². The van der Waals surface area contributed by atoms with Crippen LogP contribution in [0.3, 0.4) is 0 Å². The summed E-state index contributed by atoms with van der Waals surface area (Å²) in [4.78, 5) is 2.53. The molecule has 59 heavy (non-hydrogen) atoms. The highest BCUT2D eigenvalue weighted by Gasteiger charge is 2.46. The van der Waals surface area contributed by atoms with Crippen LogP contribution in [0.15, 0.2) is 211 Å². The van der Waals surface area contributed by atoms with Gasteiger partial charge < -0.3 is 9.32 Å². The number of rotatable bonds is 6. The van der Waals surface area contributed by atoms with Crippen molar-refractivity contribution in [2.24, 2.45) is 0 Å². The van der Waals surface area contributed by atoms with Gasteiger partial charge >= 0.3 is 0 Å². The van der Waals surface area contributed by atoms with Gasteiger partial charge in [0.15, 0.2) is 0 Å². The first-order valence-corrected chi connectivity index (χ1v) is 20.6. The molecule has 0 aliphatic heterocycles. The van der Waals surface area contributed by atoms with Crippen molar-refractivity contribution in [3.8, 4) is 22.3 Å².